The number of nitrogens with one attached hydrogen (secondary N) is 6. The molecule has 0 heterocycles. The van der Waals surface area contributed by atoms with Gasteiger partial charge in [0.25, 0.3) is 0 Å². The van der Waals surface area contributed by atoms with Crippen LogP contribution in [0.4, 0.5) is 11.4 Å². The van der Waals surface area contributed by atoms with Gasteiger partial charge in [0, 0.05) is 11.4 Å². The summed E-state index contributed by atoms with van der Waals surface area (Å²) in [7, 11) is 0. The Morgan fingerprint density at radius 1 is 0.607 bits per heavy atom. The summed E-state index contributed by atoms with van der Waals surface area (Å²) in [6.07, 6.45) is 0. The fraction of sp³-hybridized carbons (Fsp3) is 0.111. The predicted molar refractivity (Wildman–Crippen MR) is 117 cm³/mol. The molecule has 2 aromatic rings. The van der Waals surface area contributed by atoms with Gasteiger partial charge in [0.05, 0.1) is 0 Å². The van der Waals surface area contributed by atoms with Crippen LogP contribution in [0.25, 0.3) is 0 Å². The first-order valence-electron chi connectivity index (χ1n) is 8.21. The van der Waals surface area contributed by atoms with Crippen LogP contribution < -0.4 is 32.3 Å². The van der Waals surface area contributed by atoms with Gasteiger partial charge >= 0.3 is 11.8 Å². The molecule has 0 aliphatic heterocycles. The van der Waals surface area contributed by atoms with Crippen LogP contribution in [-0.2, 0) is 9.59 Å². The van der Waals surface area contributed by atoms with Gasteiger partial charge in [-0.05, 0) is 62.5 Å². The lowest BCUT2D eigenvalue weighted by molar-refractivity contribution is -0.139. The van der Waals surface area contributed by atoms with Crippen molar-refractivity contribution in [2.75, 3.05) is 10.6 Å². The van der Waals surface area contributed by atoms with Crippen LogP contribution in [0.1, 0.15) is 11.1 Å². The highest BCUT2D eigenvalue weighted by atomic mass is 32.1. The maximum absolute atomic E-state index is 11.8. The number of hydrogen-bond acceptors (Lipinski definition) is 4. The van der Waals surface area contributed by atoms with E-state index in [0.717, 1.165) is 22.5 Å². The van der Waals surface area contributed by atoms with E-state index in [2.05, 4.69) is 32.3 Å². The molecular formula is C18H20N6O2S2. The van der Waals surface area contributed by atoms with Crippen molar-refractivity contribution in [2.24, 2.45) is 0 Å². The first-order chi connectivity index (χ1) is 13.3. The second kappa shape index (κ2) is 10.2. The Bertz CT molecular complexity index is 795. The van der Waals surface area contributed by atoms with Crippen LogP contribution >= 0.6 is 24.4 Å². The summed E-state index contributed by atoms with van der Waals surface area (Å²) in [5, 5.41) is 6.01. The van der Waals surface area contributed by atoms with Crippen LogP contribution in [0, 0.1) is 13.8 Å². The number of anilines is 2. The van der Waals surface area contributed by atoms with Gasteiger partial charge in [0.1, 0.15) is 0 Å². The first kappa shape index (κ1) is 21.1. The number of thiocarbonyl (C=S) groups is 2. The molecule has 0 bridgehead atoms. The SMILES string of the molecule is Cc1ccc(NC(=S)NNC(=O)C(=O)NNC(=S)Nc2ccc(C)cc2)cc1. The van der Waals surface area contributed by atoms with Gasteiger partial charge in [-0.3, -0.25) is 31.3 Å². The highest BCUT2D eigenvalue weighted by molar-refractivity contribution is 7.80. The molecule has 0 spiro atoms. The molecule has 2 amide bonds. The number of hydrazine groups is 2. The van der Waals surface area contributed by atoms with Gasteiger partial charge in [0.15, 0.2) is 10.2 Å². The van der Waals surface area contributed by atoms with Crippen LogP contribution in [0.15, 0.2) is 48.5 Å². The Hall–Kier alpha value is -3.24. The van der Waals surface area contributed by atoms with Crippen molar-refractivity contribution >= 4 is 57.8 Å². The fourth-order valence-electron chi connectivity index (χ4n) is 1.94. The molecule has 2 rings (SSSR count). The Morgan fingerprint density at radius 3 is 1.25 bits per heavy atom. The molecule has 0 aliphatic rings. The number of rotatable bonds is 2. The van der Waals surface area contributed by atoms with E-state index in [1.807, 2.05) is 62.4 Å². The zero-order valence-electron chi connectivity index (χ0n) is 15.3. The highest BCUT2D eigenvalue weighted by Gasteiger charge is 2.13. The first-order valence-corrected chi connectivity index (χ1v) is 9.03. The third kappa shape index (κ3) is 7.17. The predicted octanol–water partition coefficient (Wildman–Crippen LogP) is 1.64. The van der Waals surface area contributed by atoms with E-state index in [4.69, 9.17) is 24.4 Å². The van der Waals surface area contributed by atoms with Crippen LogP contribution in [0.3, 0.4) is 0 Å². The highest BCUT2D eigenvalue weighted by Crippen LogP contribution is 2.08. The van der Waals surface area contributed by atoms with Crippen LogP contribution in [0.2, 0.25) is 0 Å². The van der Waals surface area contributed by atoms with E-state index in [-0.39, 0.29) is 10.2 Å². The molecule has 0 fully saturated rings. The number of amides is 2. The second-order valence-corrected chi connectivity index (χ2v) is 6.62. The van der Waals surface area contributed by atoms with Crippen molar-refractivity contribution in [1.29, 1.82) is 0 Å². The third-order valence-electron chi connectivity index (χ3n) is 3.40. The van der Waals surface area contributed by atoms with Crippen molar-refractivity contribution in [3.63, 3.8) is 0 Å². The lowest BCUT2D eigenvalue weighted by Crippen LogP contribution is -2.53. The van der Waals surface area contributed by atoms with Crippen molar-refractivity contribution in [2.45, 2.75) is 13.8 Å². The largest absolute Gasteiger partial charge is 0.331 e. The quantitative estimate of drug-likeness (QED) is 0.249. The van der Waals surface area contributed by atoms with Crippen molar-refractivity contribution in [3.05, 3.63) is 59.7 Å². The molecule has 0 unspecified atom stereocenters. The number of hydrogen-bond donors (Lipinski definition) is 6. The van der Waals surface area contributed by atoms with Crippen LogP contribution in [-0.4, -0.2) is 22.0 Å². The number of carbonyl (C=O) groups excluding carboxylic acids is 2. The van der Waals surface area contributed by atoms with Gasteiger partial charge in [-0.15, -0.1) is 0 Å². The molecule has 0 saturated heterocycles. The number of benzene rings is 2. The minimum absolute atomic E-state index is 0.134. The smallest absolute Gasteiger partial charge is 0.329 e. The molecule has 10 heteroatoms. The third-order valence-corrected chi connectivity index (χ3v) is 3.81. The van der Waals surface area contributed by atoms with Crippen LogP contribution in [0.5, 0.6) is 0 Å². The average Bonchev–Trinajstić information content (AvgIpc) is 2.67. The number of aryl methyl sites for hydroxylation is 2. The topological polar surface area (TPSA) is 106 Å². The molecule has 28 heavy (non-hydrogen) atoms. The lowest BCUT2D eigenvalue weighted by atomic mass is 10.2. The summed E-state index contributed by atoms with van der Waals surface area (Å²) in [5.74, 6) is -1.89. The summed E-state index contributed by atoms with van der Waals surface area (Å²) in [6, 6.07) is 15.0. The Kier molecular flexibility index (Phi) is 7.66. The van der Waals surface area contributed by atoms with Gasteiger partial charge in [0.2, 0.25) is 0 Å². The molecule has 146 valence electrons. The fourth-order valence-corrected chi connectivity index (χ4v) is 2.28. The second-order valence-electron chi connectivity index (χ2n) is 5.80. The molecule has 2 aromatic carbocycles. The minimum atomic E-state index is -0.946. The summed E-state index contributed by atoms with van der Waals surface area (Å²) in [5.41, 5.74) is 13.0. The van der Waals surface area contributed by atoms with E-state index >= 15 is 0 Å². The van der Waals surface area contributed by atoms with E-state index in [1.165, 1.54) is 0 Å². The summed E-state index contributed by atoms with van der Waals surface area (Å²) in [6.45, 7) is 3.93. The van der Waals surface area contributed by atoms with Gasteiger partial charge < -0.3 is 10.6 Å². The van der Waals surface area contributed by atoms with Crippen molar-refractivity contribution < 1.29 is 9.59 Å². The van der Waals surface area contributed by atoms with E-state index in [1.54, 1.807) is 0 Å². The molecule has 0 atom stereocenters. The lowest BCUT2D eigenvalue weighted by Gasteiger charge is -2.13. The minimum Gasteiger partial charge on any atom is -0.331 e. The molecule has 8 nitrogen and oxygen atoms in total. The van der Waals surface area contributed by atoms with Gasteiger partial charge in [-0.1, -0.05) is 35.4 Å². The average molecular weight is 417 g/mol. The normalized spacial score (nSPS) is 9.64. The van der Waals surface area contributed by atoms with E-state index in [9.17, 15) is 9.59 Å². The maximum Gasteiger partial charge on any atom is 0.329 e. The summed E-state index contributed by atoms with van der Waals surface area (Å²) < 4.78 is 0. The summed E-state index contributed by atoms with van der Waals surface area (Å²) in [4.78, 5) is 23.6. The van der Waals surface area contributed by atoms with E-state index < -0.39 is 11.8 Å². The molecular weight excluding hydrogens is 396 g/mol. The monoisotopic (exact) mass is 416 g/mol. The van der Waals surface area contributed by atoms with Gasteiger partial charge in [-0.25, -0.2) is 0 Å². The zero-order valence-corrected chi connectivity index (χ0v) is 16.9. The Labute approximate surface area is 173 Å². The molecule has 0 aromatic heterocycles. The Balaban J connectivity index is 1.69. The maximum atomic E-state index is 11.8. The zero-order chi connectivity index (χ0) is 20.5. The number of carbonyl (C=O) groups is 2. The summed E-state index contributed by atoms with van der Waals surface area (Å²) >= 11 is 10.1. The molecule has 0 saturated carbocycles. The van der Waals surface area contributed by atoms with Crippen molar-refractivity contribution in [3.8, 4) is 0 Å². The molecule has 0 aliphatic carbocycles. The van der Waals surface area contributed by atoms with Crippen molar-refractivity contribution in [1.82, 2.24) is 21.7 Å². The molecule has 0 radical (unpaired) electrons. The van der Waals surface area contributed by atoms with Gasteiger partial charge in [-0.2, -0.15) is 0 Å². The standard InChI is InChI=1S/C18H20N6O2S2/c1-11-3-7-13(8-4-11)19-17(27)23-21-15(25)16(26)22-24-18(28)20-14-9-5-12(2)6-10-14/h3-10H,1-2H3,(H,21,25)(H,22,26)(H2,19,23,27)(H2,20,24,28). The molecule has 6 N–H and O–H groups in total. The van der Waals surface area contributed by atoms with E-state index in [0.29, 0.717) is 0 Å². The Morgan fingerprint density at radius 2 is 0.929 bits per heavy atom.